The Labute approximate surface area is 71.7 Å². The zero-order chi connectivity index (χ0) is 8.23. The van der Waals surface area contributed by atoms with E-state index in [1.165, 1.54) is 6.42 Å². The number of aromatic amines is 1. The molecule has 2 heterocycles. The fourth-order valence-electron chi connectivity index (χ4n) is 1.34. The van der Waals surface area contributed by atoms with Crippen LogP contribution in [0.2, 0.25) is 0 Å². The predicted octanol–water partition coefficient (Wildman–Crippen LogP) is 1.92. The summed E-state index contributed by atoms with van der Waals surface area (Å²) in [6, 6.07) is 1.90. The van der Waals surface area contributed by atoms with Crippen molar-refractivity contribution in [1.82, 2.24) is 4.98 Å². The number of H-pyrrole nitrogens is 1. The molecule has 0 radical (unpaired) electrons. The third-order valence-electron chi connectivity index (χ3n) is 1.97. The number of hydrogen-bond donors (Lipinski definition) is 1. The van der Waals surface area contributed by atoms with E-state index in [0.29, 0.717) is 0 Å². The molecule has 1 fully saturated rings. The first-order chi connectivity index (χ1) is 5.95. The van der Waals surface area contributed by atoms with Crippen molar-refractivity contribution >= 4 is 0 Å². The van der Waals surface area contributed by atoms with E-state index in [-0.39, 0.29) is 6.29 Å². The minimum Gasteiger partial charge on any atom is -0.463 e. The van der Waals surface area contributed by atoms with Crippen molar-refractivity contribution in [3.05, 3.63) is 18.5 Å². The van der Waals surface area contributed by atoms with Crippen molar-refractivity contribution < 1.29 is 9.47 Å². The SMILES string of the molecule is c1cc(O[C@H]2CCCCO2)c[nH]1. The van der Waals surface area contributed by atoms with Crippen LogP contribution in [-0.4, -0.2) is 17.9 Å². The zero-order valence-corrected chi connectivity index (χ0v) is 6.95. The molecule has 0 aromatic carbocycles. The molecular formula is C9H13NO2. The van der Waals surface area contributed by atoms with Crippen LogP contribution in [0.4, 0.5) is 0 Å². The van der Waals surface area contributed by atoms with Gasteiger partial charge in [0.1, 0.15) is 5.75 Å². The fourth-order valence-corrected chi connectivity index (χ4v) is 1.34. The van der Waals surface area contributed by atoms with Gasteiger partial charge in [-0.1, -0.05) is 0 Å². The average molecular weight is 167 g/mol. The molecule has 66 valence electrons. The molecule has 0 saturated carbocycles. The zero-order valence-electron chi connectivity index (χ0n) is 6.95. The molecule has 0 spiro atoms. The van der Waals surface area contributed by atoms with Crippen molar-refractivity contribution in [2.24, 2.45) is 0 Å². The Morgan fingerprint density at radius 2 is 2.50 bits per heavy atom. The van der Waals surface area contributed by atoms with Crippen LogP contribution in [0.15, 0.2) is 18.5 Å². The Hall–Kier alpha value is -0.960. The maximum Gasteiger partial charge on any atom is 0.199 e. The summed E-state index contributed by atoms with van der Waals surface area (Å²) in [7, 11) is 0. The molecule has 3 nitrogen and oxygen atoms in total. The van der Waals surface area contributed by atoms with E-state index in [1.807, 2.05) is 18.5 Å². The Bertz CT molecular complexity index is 214. The van der Waals surface area contributed by atoms with Gasteiger partial charge in [0.05, 0.1) is 6.61 Å². The second-order valence-corrected chi connectivity index (χ2v) is 2.96. The Kier molecular flexibility index (Phi) is 2.32. The van der Waals surface area contributed by atoms with E-state index in [2.05, 4.69) is 4.98 Å². The van der Waals surface area contributed by atoms with Gasteiger partial charge in [-0.05, 0) is 18.9 Å². The molecule has 1 aromatic heterocycles. The van der Waals surface area contributed by atoms with Gasteiger partial charge < -0.3 is 14.5 Å². The first-order valence-corrected chi connectivity index (χ1v) is 4.36. The van der Waals surface area contributed by atoms with Gasteiger partial charge in [-0.25, -0.2) is 0 Å². The Morgan fingerprint density at radius 1 is 1.50 bits per heavy atom. The van der Waals surface area contributed by atoms with Gasteiger partial charge in [0.25, 0.3) is 0 Å². The van der Waals surface area contributed by atoms with E-state index in [0.717, 1.165) is 25.2 Å². The lowest BCUT2D eigenvalue weighted by atomic mass is 10.2. The topological polar surface area (TPSA) is 34.2 Å². The smallest absolute Gasteiger partial charge is 0.199 e. The third-order valence-corrected chi connectivity index (χ3v) is 1.97. The summed E-state index contributed by atoms with van der Waals surface area (Å²) >= 11 is 0. The van der Waals surface area contributed by atoms with Crippen LogP contribution in [0.25, 0.3) is 0 Å². The van der Waals surface area contributed by atoms with E-state index < -0.39 is 0 Å². The van der Waals surface area contributed by atoms with Crippen molar-refractivity contribution in [1.29, 1.82) is 0 Å². The normalized spacial score (nSPS) is 23.8. The number of hydrogen-bond acceptors (Lipinski definition) is 2. The van der Waals surface area contributed by atoms with Crippen LogP contribution in [0, 0.1) is 0 Å². The molecule has 1 N–H and O–H groups in total. The van der Waals surface area contributed by atoms with E-state index in [1.54, 1.807) is 0 Å². The molecule has 0 bridgehead atoms. The van der Waals surface area contributed by atoms with Crippen LogP contribution in [-0.2, 0) is 4.74 Å². The minimum absolute atomic E-state index is 0.0328. The molecule has 3 heteroatoms. The highest BCUT2D eigenvalue weighted by Gasteiger charge is 2.14. The molecule has 1 aliphatic heterocycles. The first kappa shape index (κ1) is 7.68. The number of ether oxygens (including phenoxy) is 2. The summed E-state index contributed by atoms with van der Waals surface area (Å²) in [4.78, 5) is 2.94. The van der Waals surface area contributed by atoms with Gasteiger partial charge in [0, 0.05) is 18.8 Å². The summed E-state index contributed by atoms with van der Waals surface area (Å²) in [5.41, 5.74) is 0. The van der Waals surface area contributed by atoms with Crippen LogP contribution < -0.4 is 4.74 Å². The van der Waals surface area contributed by atoms with Gasteiger partial charge in [-0.2, -0.15) is 0 Å². The first-order valence-electron chi connectivity index (χ1n) is 4.36. The summed E-state index contributed by atoms with van der Waals surface area (Å²) in [5, 5.41) is 0. The molecule has 1 saturated heterocycles. The second-order valence-electron chi connectivity index (χ2n) is 2.96. The highest BCUT2D eigenvalue weighted by Crippen LogP contribution is 2.17. The number of rotatable bonds is 2. The molecule has 0 aliphatic carbocycles. The predicted molar refractivity (Wildman–Crippen MR) is 45.0 cm³/mol. The standard InChI is InChI=1S/C9H13NO2/c1-2-6-11-9(3-1)12-8-4-5-10-7-8/h4-5,7,9-10H,1-3,6H2/t9-/m0/s1. The Morgan fingerprint density at radius 3 is 3.17 bits per heavy atom. The van der Waals surface area contributed by atoms with Gasteiger partial charge in [0.2, 0.25) is 0 Å². The lowest BCUT2D eigenvalue weighted by Crippen LogP contribution is -2.24. The van der Waals surface area contributed by atoms with Crippen molar-refractivity contribution in [3.8, 4) is 5.75 Å². The molecule has 0 amide bonds. The number of nitrogens with one attached hydrogen (secondary N) is 1. The quantitative estimate of drug-likeness (QED) is 0.730. The monoisotopic (exact) mass is 167 g/mol. The van der Waals surface area contributed by atoms with Gasteiger partial charge in [0.15, 0.2) is 6.29 Å². The van der Waals surface area contributed by atoms with Crippen LogP contribution in [0.1, 0.15) is 19.3 Å². The molecule has 0 unspecified atom stereocenters. The Balaban J connectivity index is 1.86. The summed E-state index contributed by atoms with van der Waals surface area (Å²) < 4.78 is 11.0. The van der Waals surface area contributed by atoms with E-state index >= 15 is 0 Å². The summed E-state index contributed by atoms with van der Waals surface area (Å²) in [6.07, 6.45) is 7.01. The highest BCUT2D eigenvalue weighted by molar-refractivity contribution is 5.15. The van der Waals surface area contributed by atoms with Crippen LogP contribution >= 0.6 is 0 Å². The maximum absolute atomic E-state index is 5.54. The summed E-state index contributed by atoms with van der Waals surface area (Å²) in [5.74, 6) is 0.863. The van der Waals surface area contributed by atoms with Gasteiger partial charge in [-0.3, -0.25) is 0 Å². The minimum atomic E-state index is -0.0328. The van der Waals surface area contributed by atoms with E-state index in [4.69, 9.17) is 9.47 Å². The average Bonchev–Trinajstić information content (AvgIpc) is 2.59. The number of aromatic nitrogens is 1. The fraction of sp³-hybridized carbons (Fsp3) is 0.556. The molecule has 12 heavy (non-hydrogen) atoms. The molecule has 1 aliphatic rings. The van der Waals surface area contributed by atoms with Crippen molar-refractivity contribution in [3.63, 3.8) is 0 Å². The molecule has 2 rings (SSSR count). The van der Waals surface area contributed by atoms with Crippen molar-refractivity contribution in [2.45, 2.75) is 25.6 Å². The van der Waals surface area contributed by atoms with Crippen molar-refractivity contribution in [2.75, 3.05) is 6.61 Å². The van der Waals surface area contributed by atoms with Crippen LogP contribution in [0.3, 0.4) is 0 Å². The van der Waals surface area contributed by atoms with Gasteiger partial charge in [-0.15, -0.1) is 0 Å². The van der Waals surface area contributed by atoms with Crippen LogP contribution in [0.5, 0.6) is 5.75 Å². The summed E-state index contributed by atoms with van der Waals surface area (Å²) in [6.45, 7) is 0.828. The maximum atomic E-state index is 5.54. The highest BCUT2D eigenvalue weighted by atomic mass is 16.7. The molecular weight excluding hydrogens is 154 g/mol. The largest absolute Gasteiger partial charge is 0.463 e. The second kappa shape index (κ2) is 3.63. The van der Waals surface area contributed by atoms with Gasteiger partial charge >= 0.3 is 0 Å². The lowest BCUT2D eigenvalue weighted by molar-refractivity contribution is -0.105. The molecule has 1 atom stereocenters. The lowest BCUT2D eigenvalue weighted by Gasteiger charge is -2.22. The third kappa shape index (κ3) is 1.80. The van der Waals surface area contributed by atoms with E-state index in [9.17, 15) is 0 Å². The molecule has 1 aromatic rings.